The Morgan fingerprint density at radius 1 is 1.30 bits per heavy atom. The molecule has 0 aliphatic carbocycles. The number of β-amino-alcohol motifs (C(OH)–C–C–N with tert-alkyl or cyclic N) is 1. The second kappa shape index (κ2) is 5.02. The second-order valence-corrected chi connectivity index (χ2v) is 7.18. The number of hydrogen-bond acceptors (Lipinski definition) is 3. The van der Waals surface area contributed by atoms with Crippen molar-refractivity contribution in [1.82, 2.24) is 9.80 Å². The molecule has 20 heavy (non-hydrogen) atoms. The lowest BCUT2D eigenvalue weighted by atomic mass is 9.90. The largest absolute Gasteiger partial charge is 0.386 e. The average molecular weight is 282 g/mol. The van der Waals surface area contributed by atoms with Crippen molar-refractivity contribution in [2.24, 2.45) is 5.41 Å². The highest BCUT2D eigenvalue weighted by Crippen LogP contribution is 2.30. The van der Waals surface area contributed by atoms with Crippen LogP contribution in [0.2, 0.25) is 0 Å². The molecule has 0 saturated carbocycles. The molecule has 1 N–H and O–H groups in total. The molecule has 2 heterocycles. The molecule has 0 aromatic carbocycles. The van der Waals surface area contributed by atoms with Crippen LogP contribution in [-0.4, -0.2) is 58.0 Å². The number of amides is 2. The standard InChI is InChI=1S/C15H26N2O3/c1-5-15(20)9-16(10-15)12(18)11-7-6-8-17(11)13(19)14(2,3)4/h11,20H,5-10H2,1-4H3. The Balaban J connectivity index is 2.02. The van der Waals surface area contributed by atoms with E-state index in [1.807, 2.05) is 27.7 Å². The zero-order valence-corrected chi connectivity index (χ0v) is 13.0. The number of nitrogens with zero attached hydrogens (tertiary/aromatic N) is 2. The SMILES string of the molecule is CCC1(O)CN(C(=O)C2CCCN2C(=O)C(C)(C)C)C1. The Labute approximate surface area is 120 Å². The van der Waals surface area contributed by atoms with Gasteiger partial charge < -0.3 is 14.9 Å². The van der Waals surface area contributed by atoms with Crippen molar-refractivity contribution in [3.05, 3.63) is 0 Å². The Hall–Kier alpha value is -1.10. The summed E-state index contributed by atoms with van der Waals surface area (Å²) in [6.07, 6.45) is 2.28. The molecule has 2 aliphatic heterocycles. The van der Waals surface area contributed by atoms with Crippen LogP contribution in [-0.2, 0) is 9.59 Å². The molecular formula is C15H26N2O3. The average Bonchev–Trinajstić information content (AvgIpc) is 2.80. The van der Waals surface area contributed by atoms with E-state index in [0.717, 1.165) is 12.8 Å². The van der Waals surface area contributed by atoms with Crippen molar-refractivity contribution < 1.29 is 14.7 Å². The monoisotopic (exact) mass is 282 g/mol. The van der Waals surface area contributed by atoms with Crippen LogP contribution >= 0.6 is 0 Å². The molecule has 2 fully saturated rings. The zero-order chi connectivity index (χ0) is 15.1. The first-order valence-corrected chi connectivity index (χ1v) is 7.50. The van der Waals surface area contributed by atoms with E-state index in [0.29, 0.717) is 26.1 Å². The van der Waals surface area contributed by atoms with Crippen molar-refractivity contribution in [1.29, 1.82) is 0 Å². The van der Waals surface area contributed by atoms with Crippen LogP contribution in [0.5, 0.6) is 0 Å². The van der Waals surface area contributed by atoms with Crippen LogP contribution in [0.15, 0.2) is 0 Å². The minimum atomic E-state index is -0.715. The van der Waals surface area contributed by atoms with Crippen LogP contribution < -0.4 is 0 Å². The van der Waals surface area contributed by atoms with E-state index in [4.69, 9.17) is 0 Å². The third-order valence-corrected chi connectivity index (χ3v) is 4.38. The van der Waals surface area contributed by atoms with Crippen LogP contribution in [0.4, 0.5) is 0 Å². The Kier molecular flexibility index (Phi) is 3.84. The number of likely N-dealkylation sites (tertiary alicyclic amines) is 2. The molecule has 1 unspecified atom stereocenters. The maximum absolute atomic E-state index is 12.5. The van der Waals surface area contributed by atoms with Crippen LogP contribution in [0.25, 0.3) is 0 Å². The summed E-state index contributed by atoms with van der Waals surface area (Å²) in [6, 6.07) is -0.330. The van der Waals surface area contributed by atoms with E-state index in [9.17, 15) is 14.7 Å². The Morgan fingerprint density at radius 3 is 2.40 bits per heavy atom. The van der Waals surface area contributed by atoms with Crippen LogP contribution in [0, 0.1) is 5.41 Å². The number of rotatable bonds is 2. The smallest absolute Gasteiger partial charge is 0.245 e. The molecule has 5 nitrogen and oxygen atoms in total. The van der Waals surface area contributed by atoms with E-state index >= 15 is 0 Å². The van der Waals surface area contributed by atoms with Gasteiger partial charge in [-0.25, -0.2) is 0 Å². The molecule has 0 aromatic rings. The Morgan fingerprint density at radius 2 is 1.90 bits per heavy atom. The highest BCUT2D eigenvalue weighted by Gasteiger charge is 2.47. The summed E-state index contributed by atoms with van der Waals surface area (Å²) in [5.41, 5.74) is -1.17. The van der Waals surface area contributed by atoms with Crippen molar-refractivity contribution in [2.45, 2.75) is 58.6 Å². The van der Waals surface area contributed by atoms with Gasteiger partial charge in [0, 0.05) is 12.0 Å². The molecule has 0 radical (unpaired) electrons. The highest BCUT2D eigenvalue weighted by atomic mass is 16.3. The number of carbonyl (C=O) groups excluding carboxylic acids is 2. The molecule has 0 bridgehead atoms. The summed E-state index contributed by atoms with van der Waals surface area (Å²) in [5.74, 6) is 0.0397. The van der Waals surface area contributed by atoms with Gasteiger partial charge in [0.2, 0.25) is 11.8 Å². The molecule has 2 rings (SSSR count). The first kappa shape index (κ1) is 15.3. The zero-order valence-electron chi connectivity index (χ0n) is 13.0. The molecule has 2 saturated heterocycles. The molecule has 114 valence electrons. The maximum Gasteiger partial charge on any atom is 0.245 e. The van der Waals surface area contributed by atoms with Crippen molar-refractivity contribution in [3.63, 3.8) is 0 Å². The number of carbonyl (C=O) groups is 2. The van der Waals surface area contributed by atoms with Gasteiger partial charge in [-0.2, -0.15) is 0 Å². The lowest BCUT2D eigenvalue weighted by Crippen LogP contribution is -2.66. The second-order valence-electron chi connectivity index (χ2n) is 7.18. The van der Waals surface area contributed by atoms with Crippen LogP contribution in [0.1, 0.15) is 47.0 Å². The van der Waals surface area contributed by atoms with Gasteiger partial charge in [0.25, 0.3) is 0 Å². The lowest BCUT2D eigenvalue weighted by Gasteiger charge is -2.47. The third-order valence-electron chi connectivity index (χ3n) is 4.38. The summed E-state index contributed by atoms with van der Waals surface area (Å²) in [7, 11) is 0. The molecule has 0 aromatic heterocycles. The van der Waals surface area contributed by atoms with Gasteiger partial charge in [0.1, 0.15) is 6.04 Å². The fraction of sp³-hybridized carbons (Fsp3) is 0.867. The molecule has 2 aliphatic rings. The topological polar surface area (TPSA) is 60.9 Å². The normalized spacial score (nSPS) is 25.6. The molecular weight excluding hydrogens is 256 g/mol. The van der Waals surface area contributed by atoms with Gasteiger partial charge in [0.05, 0.1) is 18.7 Å². The summed E-state index contributed by atoms with van der Waals surface area (Å²) >= 11 is 0. The minimum absolute atomic E-state index is 0.00164. The van der Waals surface area contributed by atoms with Crippen molar-refractivity contribution in [2.75, 3.05) is 19.6 Å². The first-order valence-electron chi connectivity index (χ1n) is 7.50. The van der Waals surface area contributed by atoms with Gasteiger partial charge in [-0.15, -0.1) is 0 Å². The molecule has 5 heteroatoms. The van der Waals surface area contributed by atoms with Gasteiger partial charge in [-0.3, -0.25) is 9.59 Å². The quantitative estimate of drug-likeness (QED) is 0.822. The van der Waals surface area contributed by atoms with Crippen LogP contribution in [0.3, 0.4) is 0 Å². The van der Waals surface area contributed by atoms with E-state index in [2.05, 4.69) is 0 Å². The summed E-state index contributed by atoms with van der Waals surface area (Å²) in [5, 5.41) is 10.0. The van der Waals surface area contributed by atoms with E-state index in [-0.39, 0.29) is 17.9 Å². The summed E-state index contributed by atoms with van der Waals surface area (Å²) in [6.45, 7) is 9.04. The predicted octanol–water partition coefficient (Wildman–Crippen LogP) is 1.01. The first-order chi connectivity index (χ1) is 9.18. The van der Waals surface area contributed by atoms with Gasteiger partial charge in [-0.1, -0.05) is 27.7 Å². The summed E-state index contributed by atoms with van der Waals surface area (Å²) < 4.78 is 0. The number of hydrogen-bond donors (Lipinski definition) is 1. The number of aliphatic hydroxyl groups is 1. The molecule has 1 atom stereocenters. The fourth-order valence-corrected chi connectivity index (χ4v) is 2.95. The predicted molar refractivity (Wildman–Crippen MR) is 76.0 cm³/mol. The van der Waals surface area contributed by atoms with Gasteiger partial charge in [-0.05, 0) is 19.3 Å². The van der Waals surface area contributed by atoms with E-state index in [1.165, 1.54) is 0 Å². The minimum Gasteiger partial charge on any atom is -0.386 e. The maximum atomic E-state index is 12.5. The van der Waals surface area contributed by atoms with Crippen molar-refractivity contribution in [3.8, 4) is 0 Å². The van der Waals surface area contributed by atoms with Gasteiger partial charge >= 0.3 is 0 Å². The molecule has 2 amide bonds. The van der Waals surface area contributed by atoms with Crippen molar-refractivity contribution >= 4 is 11.8 Å². The summed E-state index contributed by atoms with van der Waals surface area (Å²) in [4.78, 5) is 28.3. The third kappa shape index (κ3) is 2.68. The molecule has 0 spiro atoms. The van der Waals surface area contributed by atoms with E-state index in [1.54, 1.807) is 9.80 Å². The lowest BCUT2D eigenvalue weighted by molar-refractivity contribution is -0.163. The Bertz CT molecular complexity index is 408. The van der Waals surface area contributed by atoms with Gasteiger partial charge in [0.15, 0.2) is 0 Å². The fourth-order valence-electron chi connectivity index (χ4n) is 2.95. The highest BCUT2D eigenvalue weighted by molar-refractivity contribution is 5.90. The van der Waals surface area contributed by atoms with E-state index < -0.39 is 11.0 Å².